The Balaban J connectivity index is 1.99. The maximum atomic E-state index is 14.8. The number of methoxy groups -OCH3 is 1. The molecule has 1 unspecified atom stereocenters. The Labute approximate surface area is 194 Å². The molecule has 0 radical (unpaired) electrons. The van der Waals surface area contributed by atoms with Gasteiger partial charge in [-0.1, -0.05) is 36.4 Å². The van der Waals surface area contributed by atoms with Crippen LogP contribution in [0.4, 0.5) is 14.5 Å². The first-order valence-electron chi connectivity index (χ1n) is 10.5. The Morgan fingerprint density at radius 2 is 1.74 bits per heavy atom. The zero-order valence-corrected chi connectivity index (χ0v) is 18.4. The average Bonchev–Trinajstić information content (AvgIpc) is 3.11. The number of aliphatic hydroxyl groups is 1. The SMILES string of the molecule is CCOc1cc(C2/C(=C(\O)c3ccccc3)C(=O)C(=O)N2c2cc(F)ccc2F)ccc1OC. The van der Waals surface area contributed by atoms with E-state index >= 15 is 0 Å². The number of amides is 1. The number of ether oxygens (including phenoxy) is 2. The third-order valence-corrected chi connectivity index (χ3v) is 5.46. The number of rotatable bonds is 6. The second-order valence-electron chi connectivity index (χ2n) is 7.47. The summed E-state index contributed by atoms with van der Waals surface area (Å²) in [6, 6.07) is 14.3. The van der Waals surface area contributed by atoms with Crippen molar-refractivity contribution in [2.45, 2.75) is 13.0 Å². The van der Waals surface area contributed by atoms with E-state index in [4.69, 9.17) is 9.47 Å². The molecule has 1 atom stereocenters. The largest absolute Gasteiger partial charge is 0.507 e. The first kappa shape index (κ1) is 23.0. The van der Waals surface area contributed by atoms with E-state index in [9.17, 15) is 23.5 Å². The summed E-state index contributed by atoms with van der Waals surface area (Å²) in [7, 11) is 1.46. The molecule has 4 rings (SSSR count). The lowest BCUT2D eigenvalue weighted by Crippen LogP contribution is -2.30. The van der Waals surface area contributed by atoms with Gasteiger partial charge >= 0.3 is 0 Å². The summed E-state index contributed by atoms with van der Waals surface area (Å²) in [6.07, 6.45) is 0. The number of aliphatic hydroxyl groups excluding tert-OH is 1. The van der Waals surface area contributed by atoms with E-state index in [-0.39, 0.29) is 5.57 Å². The van der Waals surface area contributed by atoms with Crippen molar-refractivity contribution in [2.75, 3.05) is 18.6 Å². The standard InChI is InChI=1S/C26H21F2NO5/c1-3-34-21-13-16(9-12-20(21)33-2)23-22(24(30)15-7-5-4-6-8-15)25(31)26(32)29(23)19-14-17(27)10-11-18(19)28/h4-14,23,30H,3H2,1-2H3/b24-22+. The molecule has 0 spiro atoms. The lowest BCUT2D eigenvalue weighted by molar-refractivity contribution is -0.132. The van der Waals surface area contributed by atoms with E-state index in [1.54, 1.807) is 55.5 Å². The van der Waals surface area contributed by atoms with Gasteiger partial charge in [-0.15, -0.1) is 0 Å². The van der Waals surface area contributed by atoms with Gasteiger partial charge in [0.15, 0.2) is 11.5 Å². The predicted molar refractivity (Wildman–Crippen MR) is 122 cm³/mol. The maximum Gasteiger partial charge on any atom is 0.300 e. The fourth-order valence-corrected chi connectivity index (χ4v) is 3.95. The Kier molecular flexibility index (Phi) is 6.32. The van der Waals surface area contributed by atoms with E-state index < -0.39 is 40.8 Å². The van der Waals surface area contributed by atoms with Crippen LogP contribution in [-0.2, 0) is 9.59 Å². The van der Waals surface area contributed by atoms with Gasteiger partial charge in [-0.3, -0.25) is 14.5 Å². The van der Waals surface area contributed by atoms with Crippen LogP contribution in [0, 0.1) is 11.6 Å². The average molecular weight is 465 g/mol. The van der Waals surface area contributed by atoms with Crippen molar-refractivity contribution < 1.29 is 33.0 Å². The number of carbonyl (C=O) groups excluding carboxylic acids is 2. The third-order valence-electron chi connectivity index (χ3n) is 5.46. The number of carbonyl (C=O) groups is 2. The third kappa shape index (κ3) is 3.98. The van der Waals surface area contributed by atoms with Crippen LogP contribution in [0.25, 0.3) is 5.76 Å². The highest BCUT2D eigenvalue weighted by Crippen LogP contribution is 2.44. The van der Waals surface area contributed by atoms with Gasteiger partial charge in [0.25, 0.3) is 11.7 Å². The number of benzene rings is 3. The lowest BCUT2D eigenvalue weighted by Gasteiger charge is -2.26. The van der Waals surface area contributed by atoms with E-state index in [1.807, 2.05) is 0 Å². The molecule has 6 nitrogen and oxygen atoms in total. The molecule has 1 N–H and O–H groups in total. The van der Waals surface area contributed by atoms with Crippen LogP contribution < -0.4 is 14.4 Å². The van der Waals surface area contributed by atoms with Crippen molar-refractivity contribution in [1.82, 2.24) is 0 Å². The van der Waals surface area contributed by atoms with Gasteiger partial charge in [-0.05, 0) is 36.8 Å². The molecule has 3 aromatic rings. The Morgan fingerprint density at radius 3 is 2.41 bits per heavy atom. The van der Waals surface area contributed by atoms with Crippen LogP contribution in [0.1, 0.15) is 24.1 Å². The van der Waals surface area contributed by atoms with Crippen molar-refractivity contribution >= 4 is 23.1 Å². The van der Waals surface area contributed by atoms with Crippen molar-refractivity contribution in [3.05, 3.63) is 95.1 Å². The zero-order valence-electron chi connectivity index (χ0n) is 18.4. The number of nitrogens with zero attached hydrogens (tertiary/aromatic N) is 1. The monoisotopic (exact) mass is 465 g/mol. The number of ketones is 1. The molecular formula is C26H21F2NO5. The highest BCUT2D eigenvalue weighted by atomic mass is 19.1. The number of halogens is 2. The van der Waals surface area contributed by atoms with Gasteiger partial charge in [0.2, 0.25) is 0 Å². The minimum absolute atomic E-state index is 0.257. The molecular weight excluding hydrogens is 444 g/mol. The van der Waals surface area contributed by atoms with Crippen LogP contribution >= 0.6 is 0 Å². The summed E-state index contributed by atoms with van der Waals surface area (Å²) in [5.74, 6) is -3.51. The lowest BCUT2D eigenvalue weighted by atomic mass is 9.94. The summed E-state index contributed by atoms with van der Waals surface area (Å²) in [6.45, 7) is 2.08. The van der Waals surface area contributed by atoms with Crippen molar-refractivity contribution in [3.8, 4) is 11.5 Å². The number of hydrogen-bond donors (Lipinski definition) is 1. The molecule has 1 amide bonds. The van der Waals surface area contributed by atoms with Crippen LogP contribution in [0.2, 0.25) is 0 Å². The summed E-state index contributed by atoms with van der Waals surface area (Å²) < 4.78 is 39.8. The van der Waals surface area contributed by atoms with Gasteiger partial charge in [-0.2, -0.15) is 0 Å². The Morgan fingerprint density at radius 1 is 1.00 bits per heavy atom. The summed E-state index contributed by atoms with van der Waals surface area (Å²) in [5, 5.41) is 11.1. The smallest absolute Gasteiger partial charge is 0.300 e. The van der Waals surface area contributed by atoms with E-state index in [0.717, 1.165) is 23.1 Å². The normalized spacial score (nSPS) is 17.2. The highest BCUT2D eigenvalue weighted by molar-refractivity contribution is 6.51. The van der Waals surface area contributed by atoms with Crippen molar-refractivity contribution in [1.29, 1.82) is 0 Å². The van der Waals surface area contributed by atoms with Crippen LogP contribution in [0.15, 0.2) is 72.3 Å². The van der Waals surface area contributed by atoms with Gasteiger partial charge in [0, 0.05) is 11.6 Å². The van der Waals surface area contributed by atoms with E-state index in [1.165, 1.54) is 7.11 Å². The molecule has 1 aliphatic heterocycles. The summed E-state index contributed by atoms with van der Waals surface area (Å²) >= 11 is 0. The fourth-order valence-electron chi connectivity index (χ4n) is 3.95. The van der Waals surface area contributed by atoms with E-state index in [2.05, 4.69) is 0 Å². The van der Waals surface area contributed by atoms with Gasteiger partial charge < -0.3 is 14.6 Å². The molecule has 1 saturated heterocycles. The van der Waals surface area contributed by atoms with Crippen LogP contribution in [-0.4, -0.2) is 30.5 Å². The zero-order chi connectivity index (χ0) is 24.4. The van der Waals surface area contributed by atoms with Gasteiger partial charge in [0.1, 0.15) is 17.4 Å². The quantitative estimate of drug-likeness (QED) is 0.315. The topological polar surface area (TPSA) is 76.1 Å². The molecule has 3 aromatic carbocycles. The number of anilines is 1. The van der Waals surface area contributed by atoms with E-state index in [0.29, 0.717) is 29.2 Å². The highest BCUT2D eigenvalue weighted by Gasteiger charge is 2.48. The molecule has 174 valence electrons. The number of Topliss-reactive ketones (excluding diaryl/α,β-unsaturated/α-hetero) is 1. The molecule has 0 aliphatic carbocycles. The second kappa shape index (κ2) is 9.35. The fraction of sp³-hybridized carbons (Fsp3) is 0.154. The molecule has 0 saturated carbocycles. The van der Waals surface area contributed by atoms with Crippen molar-refractivity contribution in [3.63, 3.8) is 0 Å². The van der Waals surface area contributed by atoms with Crippen molar-refractivity contribution in [2.24, 2.45) is 0 Å². The Hall–Kier alpha value is -4.20. The second-order valence-corrected chi connectivity index (χ2v) is 7.47. The summed E-state index contributed by atoms with van der Waals surface area (Å²) in [4.78, 5) is 27.1. The molecule has 34 heavy (non-hydrogen) atoms. The minimum Gasteiger partial charge on any atom is -0.507 e. The molecule has 0 aromatic heterocycles. The summed E-state index contributed by atoms with van der Waals surface area (Å²) in [5.41, 5.74) is -0.0474. The predicted octanol–water partition coefficient (Wildman–Crippen LogP) is 5.00. The molecule has 0 bridgehead atoms. The molecule has 8 heteroatoms. The Bertz CT molecular complexity index is 1290. The minimum atomic E-state index is -1.25. The van der Waals surface area contributed by atoms with Gasteiger partial charge in [-0.25, -0.2) is 8.78 Å². The van der Waals surface area contributed by atoms with Crippen LogP contribution in [0.5, 0.6) is 11.5 Å². The number of hydrogen-bond acceptors (Lipinski definition) is 5. The molecule has 1 heterocycles. The van der Waals surface area contributed by atoms with Gasteiger partial charge in [0.05, 0.1) is 31.0 Å². The molecule has 1 fully saturated rings. The first-order chi connectivity index (χ1) is 16.4. The van der Waals surface area contributed by atoms with Crippen LogP contribution in [0.3, 0.4) is 0 Å². The first-order valence-corrected chi connectivity index (χ1v) is 10.5. The molecule has 1 aliphatic rings. The maximum absolute atomic E-state index is 14.8.